The molecular formula is C14H15N3. The van der Waals surface area contributed by atoms with Crippen LogP contribution in [0.1, 0.15) is 11.1 Å². The molecular weight excluding hydrogens is 210 g/mol. The van der Waals surface area contributed by atoms with Gasteiger partial charge in [-0.15, -0.1) is 0 Å². The van der Waals surface area contributed by atoms with Crippen LogP contribution in [0.4, 0.5) is 17.1 Å². The van der Waals surface area contributed by atoms with E-state index in [-0.39, 0.29) is 0 Å². The van der Waals surface area contributed by atoms with Crippen molar-refractivity contribution in [2.45, 2.75) is 13.8 Å². The number of rotatable bonds is 2. The van der Waals surface area contributed by atoms with Gasteiger partial charge in [0, 0.05) is 5.69 Å². The van der Waals surface area contributed by atoms with Crippen molar-refractivity contribution in [1.82, 2.24) is 0 Å². The van der Waals surface area contributed by atoms with Gasteiger partial charge in [0.2, 0.25) is 0 Å². The smallest absolute Gasteiger partial charge is 0.0906 e. The van der Waals surface area contributed by atoms with E-state index in [4.69, 9.17) is 5.73 Å². The SMILES string of the molecule is Cc1cccc(N=Nc2cccc(N)c2C)c1. The molecule has 2 aromatic rings. The van der Waals surface area contributed by atoms with Gasteiger partial charge in [-0.2, -0.15) is 10.2 Å². The number of anilines is 1. The maximum absolute atomic E-state index is 5.81. The van der Waals surface area contributed by atoms with Gasteiger partial charge in [0.25, 0.3) is 0 Å². The summed E-state index contributed by atoms with van der Waals surface area (Å²) in [6.45, 7) is 3.98. The van der Waals surface area contributed by atoms with E-state index in [2.05, 4.69) is 10.2 Å². The normalized spacial score (nSPS) is 10.9. The number of nitrogens with zero attached hydrogens (tertiary/aromatic N) is 2. The summed E-state index contributed by atoms with van der Waals surface area (Å²) < 4.78 is 0. The van der Waals surface area contributed by atoms with E-state index in [0.29, 0.717) is 0 Å². The lowest BCUT2D eigenvalue weighted by atomic mass is 10.2. The largest absolute Gasteiger partial charge is 0.398 e. The van der Waals surface area contributed by atoms with Gasteiger partial charge in [-0.25, -0.2) is 0 Å². The van der Waals surface area contributed by atoms with E-state index in [0.717, 1.165) is 22.6 Å². The third kappa shape index (κ3) is 2.69. The van der Waals surface area contributed by atoms with Crippen molar-refractivity contribution < 1.29 is 0 Å². The van der Waals surface area contributed by atoms with Crippen LogP contribution < -0.4 is 5.73 Å². The molecule has 0 amide bonds. The van der Waals surface area contributed by atoms with Crippen molar-refractivity contribution in [1.29, 1.82) is 0 Å². The van der Waals surface area contributed by atoms with Crippen molar-refractivity contribution in [3.05, 3.63) is 53.6 Å². The quantitative estimate of drug-likeness (QED) is 0.601. The van der Waals surface area contributed by atoms with E-state index < -0.39 is 0 Å². The van der Waals surface area contributed by atoms with Crippen LogP contribution in [0.5, 0.6) is 0 Å². The average Bonchev–Trinajstić information content (AvgIpc) is 2.31. The van der Waals surface area contributed by atoms with Crippen LogP contribution in [0.25, 0.3) is 0 Å². The molecule has 0 aromatic heterocycles. The zero-order valence-electron chi connectivity index (χ0n) is 10.0. The molecule has 0 unspecified atom stereocenters. The van der Waals surface area contributed by atoms with Crippen molar-refractivity contribution in [2.24, 2.45) is 10.2 Å². The van der Waals surface area contributed by atoms with Gasteiger partial charge < -0.3 is 5.73 Å². The van der Waals surface area contributed by atoms with Crippen LogP contribution in [0, 0.1) is 13.8 Å². The predicted octanol–water partition coefficient (Wildman–Crippen LogP) is 4.30. The first-order valence-electron chi connectivity index (χ1n) is 5.50. The maximum atomic E-state index is 5.81. The first kappa shape index (κ1) is 11.3. The summed E-state index contributed by atoms with van der Waals surface area (Å²) in [5.41, 5.74) is 10.4. The maximum Gasteiger partial charge on any atom is 0.0906 e. The highest BCUT2D eigenvalue weighted by Gasteiger charge is 1.99. The molecule has 0 radical (unpaired) electrons. The van der Waals surface area contributed by atoms with Crippen LogP contribution >= 0.6 is 0 Å². The molecule has 3 nitrogen and oxygen atoms in total. The highest BCUT2D eigenvalue weighted by molar-refractivity contribution is 5.59. The lowest BCUT2D eigenvalue weighted by Crippen LogP contribution is -1.87. The minimum atomic E-state index is 0.741. The zero-order valence-corrected chi connectivity index (χ0v) is 10.0. The van der Waals surface area contributed by atoms with Gasteiger partial charge in [0.15, 0.2) is 0 Å². The van der Waals surface area contributed by atoms with Crippen LogP contribution in [0.15, 0.2) is 52.7 Å². The first-order chi connectivity index (χ1) is 8.16. The Balaban J connectivity index is 2.29. The monoisotopic (exact) mass is 225 g/mol. The summed E-state index contributed by atoms with van der Waals surface area (Å²) in [4.78, 5) is 0. The molecule has 0 aliphatic heterocycles. The third-order valence-electron chi connectivity index (χ3n) is 2.62. The van der Waals surface area contributed by atoms with E-state index in [1.807, 2.05) is 56.3 Å². The summed E-state index contributed by atoms with van der Waals surface area (Å²) in [6, 6.07) is 13.6. The summed E-state index contributed by atoms with van der Waals surface area (Å²) in [7, 11) is 0. The fraction of sp³-hybridized carbons (Fsp3) is 0.143. The molecule has 0 atom stereocenters. The summed E-state index contributed by atoms with van der Waals surface area (Å²) in [5.74, 6) is 0. The van der Waals surface area contributed by atoms with E-state index >= 15 is 0 Å². The summed E-state index contributed by atoms with van der Waals surface area (Å²) in [6.07, 6.45) is 0. The van der Waals surface area contributed by atoms with Crippen LogP contribution in [0.3, 0.4) is 0 Å². The molecule has 0 heterocycles. The van der Waals surface area contributed by atoms with Gasteiger partial charge in [-0.3, -0.25) is 0 Å². The Kier molecular flexibility index (Phi) is 3.19. The molecule has 3 heteroatoms. The van der Waals surface area contributed by atoms with Crippen molar-refractivity contribution in [3.63, 3.8) is 0 Å². The highest BCUT2D eigenvalue weighted by Crippen LogP contribution is 2.25. The van der Waals surface area contributed by atoms with E-state index in [9.17, 15) is 0 Å². The molecule has 0 aliphatic carbocycles. The van der Waals surface area contributed by atoms with Crippen LogP contribution in [-0.4, -0.2) is 0 Å². The van der Waals surface area contributed by atoms with Crippen molar-refractivity contribution >= 4 is 17.1 Å². The average molecular weight is 225 g/mol. The Bertz CT molecular complexity index is 559. The van der Waals surface area contributed by atoms with Crippen molar-refractivity contribution in [3.8, 4) is 0 Å². The Morgan fingerprint density at radius 3 is 2.47 bits per heavy atom. The van der Waals surface area contributed by atoms with Crippen LogP contribution in [0.2, 0.25) is 0 Å². The van der Waals surface area contributed by atoms with E-state index in [1.54, 1.807) is 0 Å². The first-order valence-corrected chi connectivity index (χ1v) is 5.50. The molecule has 0 bridgehead atoms. The van der Waals surface area contributed by atoms with Gasteiger partial charge in [0.05, 0.1) is 11.4 Å². The topological polar surface area (TPSA) is 50.7 Å². The fourth-order valence-corrected chi connectivity index (χ4v) is 1.55. The predicted molar refractivity (Wildman–Crippen MR) is 70.9 cm³/mol. The van der Waals surface area contributed by atoms with Crippen molar-refractivity contribution in [2.75, 3.05) is 5.73 Å². The summed E-state index contributed by atoms with van der Waals surface area (Å²) >= 11 is 0. The standard InChI is InChI=1S/C14H15N3/c1-10-5-3-6-12(9-10)16-17-14-8-4-7-13(15)11(14)2/h3-9H,15H2,1-2H3. The Hall–Kier alpha value is -2.16. The number of nitrogen functional groups attached to an aromatic ring is 1. The number of hydrogen-bond donors (Lipinski definition) is 1. The lowest BCUT2D eigenvalue weighted by molar-refractivity contribution is 1.21. The second kappa shape index (κ2) is 4.78. The minimum absolute atomic E-state index is 0.741. The molecule has 0 spiro atoms. The zero-order chi connectivity index (χ0) is 12.3. The highest BCUT2D eigenvalue weighted by atomic mass is 15.1. The molecule has 2 aromatic carbocycles. The number of benzene rings is 2. The Morgan fingerprint density at radius 2 is 1.71 bits per heavy atom. The molecule has 0 saturated carbocycles. The number of aryl methyl sites for hydroxylation is 1. The lowest BCUT2D eigenvalue weighted by Gasteiger charge is -2.02. The number of azo groups is 1. The summed E-state index contributed by atoms with van der Waals surface area (Å²) in [5, 5.41) is 8.43. The van der Waals surface area contributed by atoms with Gasteiger partial charge in [0.1, 0.15) is 0 Å². The number of nitrogens with two attached hydrogens (primary N) is 1. The molecule has 17 heavy (non-hydrogen) atoms. The second-order valence-corrected chi connectivity index (χ2v) is 4.03. The molecule has 0 saturated heterocycles. The minimum Gasteiger partial charge on any atom is -0.398 e. The third-order valence-corrected chi connectivity index (χ3v) is 2.62. The molecule has 0 aliphatic rings. The molecule has 2 N–H and O–H groups in total. The fourth-order valence-electron chi connectivity index (χ4n) is 1.55. The molecule has 2 rings (SSSR count). The molecule has 0 fully saturated rings. The Morgan fingerprint density at radius 1 is 0.941 bits per heavy atom. The molecule has 86 valence electrons. The van der Waals surface area contributed by atoms with E-state index in [1.165, 1.54) is 5.56 Å². The second-order valence-electron chi connectivity index (χ2n) is 4.03. The van der Waals surface area contributed by atoms with Gasteiger partial charge in [-0.05, 0) is 49.2 Å². The Labute approximate surface area is 101 Å². The van der Waals surface area contributed by atoms with Gasteiger partial charge in [-0.1, -0.05) is 18.2 Å². The van der Waals surface area contributed by atoms with Crippen LogP contribution in [-0.2, 0) is 0 Å². The van der Waals surface area contributed by atoms with Gasteiger partial charge >= 0.3 is 0 Å². The number of hydrogen-bond acceptors (Lipinski definition) is 3.